The summed E-state index contributed by atoms with van der Waals surface area (Å²) in [6, 6.07) is 8.07. The molecule has 6 rings (SSSR count). The summed E-state index contributed by atoms with van der Waals surface area (Å²) < 4.78 is 75.7. The average molecular weight is 656 g/mol. The van der Waals surface area contributed by atoms with Gasteiger partial charge in [0.2, 0.25) is 5.91 Å². The van der Waals surface area contributed by atoms with Crippen molar-refractivity contribution in [3.63, 3.8) is 0 Å². The molecule has 12 nitrogen and oxygen atoms in total. The topological polar surface area (TPSA) is 135 Å². The van der Waals surface area contributed by atoms with Crippen molar-refractivity contribution in [2.24, 2.45) is 5.92 Å². The van der Waals surface area contributed by atoms with Crippen LogP contribution in [0.1, 0.15) is 50.2 Å². The van der Waals surface area contributed by atoms with E-state index in [-0.39, 0.29) is 34.2 Å². The lowest BCUT2D eigenvalue weighted by molar-refractivity contribution is -0.141. The quantitative estimate of drug-likeness (QED) is 0.245. The van der Waals surface area contributed by atoms with E-state index < -0.39 is 35.9 Å². The van der Waals surface area contributed by atoms with Gasteiger partial charge in [-0.2, -0.15) is 27.1 Å². The molecular formula is C30H26F5N9O3. The molecule has 0 saturated carbocycles. The first-order chi connectivity index (χ1) is 22.4. The van der Waals surface area contributed by atoms with E-state index in [2.05, 4.69) is 30.7 Å². The normalized spacial score (nSPS) is 17.1. The van der Waals surface area contributed by atoms with E-state index in [9.17, 15) is 31.5 Å². The lowest BCUT2D eigenvalue weighted by atomic mass is 9.97. The number of anilines is 1. The first-order valence-electron chi connectivity index (χ1n) is 14.3. The maximum absolute atomic E-state index is 13.9. The van der Waals surface area contributed by atoms with Gasteiger partial charge in [-0.25, -0.2) is 14.3 Å². The number of pyridine rings is 1. The molecule has 47 heavy (non-hydrogen) atoms. The van der Waals surface area contributed by atoms with Gasteiger partial charge in [0, 0.05) is 29.3 Å². The Hall–Kier alpha value is -5.48. The number of methoxy groups -OCH3 is 1. The smallest absolute Gasteiger partial charge is 0.436 e. The van der Waals surface area contributed by atoms with Crippen LogP contribution in [0.3, 0.4) is 0 Å². The third-order valence-corrected chi connectivity index (χ3v) is 7.88. The highest BCUT2D eigenvalue weighted by atomic mass is 19.4. The number of alkyl halides is 5. The summed E-state index contributed by atoms with van der Waals surface area (Å²) in [5.74, 6) is -0.493. The van der Waals surface area contributed by atoms with Crippen molar-refractivity contribution < 1.29 is 31.5 Å². The van der Waals surface area contributed by atoms with Gasteiger partial charge in [-0.15, -0.1) is 5.10 Å². The van der Waals surface area contributed by atoms with Crippen LogP contribution in [0.2, 0.25) is 0 Å². The van der Waals surface area contributed by atoms with Gasteiger partial charge >= 0.3 is 12.7 Å². The van der Waals surface area contributed by atoms with Crippen LogP contribution in [-0.4, -0.2) is 52.3 Å². The zero-order valence-electron chi connectivity index (χ0n) is 24.8. The van der Waals surface area contributed by atoms with Crippen molar-refractivity contribution in [2.75, 3.05) is 12.4 Å². The third-order valence-electron chi connectivity index (χ3n) is 7.88. The summed E-state index contributed by atoms with van der Waals surface area (Å²) >= 11 is 0. The molecule has 2 bridgehead atoms. The maximum atomic E-state index is 13.9. The minimum atomic E-state index is -4.72. The molecule has 0 radical (unpaired) electrons. The van der Waals surface area contributed by atoms with E-state index in [4.69, 9.17) is 4.74 Å². The number of nitrogens with one attached hydrogen (secondary N) is 1. The molecule has 1 amide bonds. The number of amides is 1. The Morgan fingerprint density at radius 3 is 2.57 bits per heavy atom. The zero-order valence-corrected chi connectivity index (χ0v) is 24.8. The second-order valence-corrected chi connectivity index (χ2v) is 10.9. The Bertz CT molecular complexity index is 2000. The molecule has 1 aromatic carbocycles. The van der Waals surface area contributed by atoms with E-state index in [1.807, 2.05) is 0 Å². The number of hydrogen-bond donors (Lipinski definition) is 1. The largest absolute Gasteiger partial charge is 0.497 e. The van der Waals surface area contributed by atoms with Crippen molar-refractivity contribution in [2.45, 2.75) is 45.0 Å². The van der Waals surface area contributed by atoms with Crippen molar-refractivity contribution in [3.05, 3.63) is 83.1 Å². The predicted molar refractivity (Wildman–Crippen MR) is 157 cm³/mol. The van der Waals surface area contributed by atoms with E-state index in [1.165, 1.54) is 60.7 Å². The molecule has 0 aliphatic carbocycles. The van der Waals surface area contributed by atoms with Crippen LogP contribution in [0.15, 0.2) is 66.1 Å². The van der Waals surface area contributed by atoms with Gasteiger partial charge in [0.05, 0.1) is 60.3 Å². The van der Waals surface area contributed by atoms with Crippen LogP contribution >= 0.6 is 0 Å². The van der Waals surface area contributed by atoms with Crippen molar-refractivity contribution in [1.82, 2.24) is 39.3 Å². The fourth-order valence-corrected chi connectivity index (χ4v) is 5.45. The van der Waals surface area contributed by atoms with Crippen molar-refractivity contribution in [3.8, 4) is 34.0 Å². The molecule has 1 N–H and O–H groups in total. The van der Waals surface area contributed by atoms with Gasteiger partial charge in [-0.05, 0) is 43.2 Å². The molecule has 244 valence electrons. The number of carbonyl (C=O) groups is 1. The SMILES string of the molecule is COc1ccc(-n2cc(C(F)(F)F)nn2)c(-c2cc(=O)n([C@H]3CCC[C@@H](C)C(=O)Nc4cnn(C(F)F)c4-c4ccnc3c4)cn2)c1. The van der Waals surface area contributed by atoms with Crippen molar-refractivity contribution >= 4 is 11.6 Å². The molecule has 1 aliphatic heterocycles. The predicted octanol–water partition coefficient (Wildman–Crippen LogP) is 5.52. The Balaban J connectivity index is 1.44. The fraction of sp³-hybridized carbons (Fsp3) is 0.300. The molecule has 0 unspecified atom stereocenters. The summed E-state index contributed by atoms with van der Waals surface area (Å²) in [6.07, 6.45) is 1.15. The minimum absolute atomic E-state index is 0.0170. The Kier molecular flexibility index (Phi) is 8.29. The van der Waals surface area contributed by atoms with Crippen molar-refractivity contribution in [1.29, 1.82) is 0 Å². The Morgan fingerprint density at radius 2 is 1.87 bits per heavy atom. The highest BCUT2D eigenvalue weighted by molar-refractivity contribution is 5.95. The van der Waals surface area contributed by atoms with Crippen LogP contribution in [0.25, 0.3) is 28.2 Å². The number of aromatic nitrogens is 8. The standard InChI is InChI=1S/C30H26F5N9O3/c1-16-4-3-5-24(21-10-17(8-9-36-21)27-22(39-28(16)46)13-38-44(27)29(31)32)42-15-37-20(12-26(42)45)19-11-18(47-2)6-7-23(19)43-14-25(40-41-43)30(33,34)35/h6-16,24,29H,3-5H2,1-2H3,(H,39,46)/t16-,24+/m1/s1. The first kappa shape index (κ1) is 31.5. The molecule has 4 aromatic heterocycles. The highest BCUT2D eigenvalue weighted by Crippen LogP contribution is 2.35. The minimum Gasteiger partial charge on any atom is -0.497 e. The van der Waals surface area contributed by atoms with E-state index in [0.717, 1.165) is 10.9 Å². The summed E-state index contributed by atoms with van der Waals surface area (Å²) in [6.45, 7) is -1.28. The number of nitrogens with zero attached hydrogens (tertiary/aromatic N) is 8. The number of carbonyl (C=O) groups excluding carboxylic acids is 1. The van der Waals surface area contributed by atoms with Crippen LogP contribution in [0.5, 0.6) is 5.75 Å². The summed E-state index contributed by atoms with van der Waals surface area (Å²) in [7, 11) is 1.41. The molecule has 1 aliphatic rings. The van der Waals surface area contributed by atoms with Gasteiger partial charge in [0.15, 0.2) is 5.69 Å². The molecule has 5 heterocycles. The van der Waals surface area contributed by atoms with Crippen LogP contribution in [-0.2, 0) is 11.0 Å². The van der Waals surface area contributed by atoms with E-state index >= 15 is 0 Å². The van der Waals surface area contributed by atoms with E-state index in [0.29, 0.717) is 41.0 Å². The molecule has 17 heteroatoms. The number of fused-ring (bicyclic) bond motifs is 4. The lowest BCUT2D eigenvalue weighted by Gasteiger charge is -2.22. The Morgan fingerprint density at radius 1 is 1.06 bits per heavy atom. The van der Waals surface area contributed by atoms with Crippen LogP contribution in [0, 0.1) is 5.92 Å². The monoisotopic (exact) mass is 655 g/mol. The highest BCUT2D eigenvalue weighted by Gasteiger charge is 2.35. The number of hydrogen-bond acceptors (Lipinski definition) is 8. The lowest BCUT2D eigenvalue weighted by Crippen LogP contribution is -2.27. The molecule has 5 aromatic rings. The van der Waals surface area contributed by atoms with Gasteiger partial charge in [-0.3, -0.25) is 19.1 Å². The average Bonchev–Trinajstić information content (AvgIpc) is 3.71. The van der Waals surface area contributed by atoms with Gasteiger partial charge in [0.25, 0.3) is 5.56 Å². The van der Waals surface area contributed by atoms with Gasteiger partial charge in [-0.1, -0.05) is 18.6 Å². The maximum Gasteiger partial charge on any atom is 0.436 e. The number of rotatable bonds is 5. The third kappa shape index (κ3) is 6.19. The van der Waals surface area contributed by atoms with Crippen LogP contribution in [0.4, 0.5) is 27.6 Å². The molecular weight excluding hydrogens is 629 g/mol. The van der Waals surface area contributed by atoms with Gasteiger partial charge < -0.3 is 10.1 Å². The van der Waals surface area contributed by atoms with Crippen LogP contribution < -0.4 is 15.6 Å². The molecule has 2 atom stereocenters. The number of ether oxygens (including phenoxy) is 1. The zero-order chi connectivity index (χ0) is 33.5. The number of benzene rings is 1. The summed E-state index contributed by atoms with van der Waals surface area (Å²) in [5.41, 5.74) is -0.407. The second-order valence-electron chi connectivity index (χ2n) is 10.9. The number of halogens is 5. The van der Waals surface area contributed by atoms with Gasteiger partial charge in [0.1, 0.15) is 5.75 Å². The fourth-order valence-electron chi connectivity index (χ4n) is 5.45. The second kappa shape index (κ2) is 12.4. The summed E-state index contributed by atoms with van der Waals surface area (Å²) in [5, 5.41) is 13.3. The molecule has 0 spiro atoms. The molecule has 0 fully saturated rings. The Labute approximate surface area is 262 Å². The van der Waals surface area contributed by atoms with E-state index in [1.54, 1.807) is 13.0 Å². The first-order valence-corrected chi connectivity index (χ1v) is 14.3. The molecule has 0 saturated heterocycles. The summed E-state index contributed by atoms with van der Waals surface area (Å²) in [4.78, 5) is 35.6.